The van der Waals surface area contributed by atoms with Gasteiger partial charge in [0.25, 0.3) is 5.91 Å². The summed E-state index contributed by atoms with van der Waals surface area (Å²) in [5.74, 6) is 1.48. The molecule has 1 amide bonds. The third-order valence-corrected chi connectivity index (χ3v) is 3.96. The number of nitrogens with one attached hydrogen (secondary N) is 1. The fraction of sp³-hybridized carbons (Fsp3) is 0.421. The van der Waals surface area contributed by atoms with Crippen molar-refractivity contribution in [1.29, 1.82) is 0 Å². The molecule has 5 nitrogen and oxygen atoms in total. The van der Waals surface area contributed by atoms with Gasteiger partial charge in [-0.1, -0.05) is 0 Å². The predicted molar refractivity (Wildman–Crippen MR) is 95.1 cm³/mol. The molecule has 1 N–H and O–H groups in total. The third kappa shape index (κ3) is 4.10. The zero-order valence-electron chi connectivity index (χ0n) is 15.1. The van der Waals surface area contributed by atoms with Gasteiger partial charge in [-0.2, -0.15) is 0 Å². The Morgan fingerprint density at radius 3 is 2.33 bits per heavy atom. The number of aromatic nitrogens is 1. The van der Waals surface area contributed by atoms with Gasteiger partial charge in [-0.15, -0.1) is 0 Å². The first-order chi connectivity index (χ1) is 11.4. The minimum absolute atomic E-state index is 0.0617. The second-order valence-corrected chi connectivity index (χ2v) is 6.03. The van der Waals surface area contributed by atoms with Gasteiger partial charge in [-0.3, -0.25) is 4.79 Å². The van der Waals surface area contributed by atoms with Crippen molar-refractivity contribution in [1.82, 2.24) is 9.88 Å². The highest BCUT2D eigenvalue weighted by atomic mass is 16.5. The van der Waals surface area contributed by atoms with Crippen LogP contribution in [0.4, 0.5) is 0 Å². The van der Waals surface area contributed by atoms with Crippen molar-refractivity contribution in [2.45, 2.75) is 33.7 Å². The monoisotopic (exact) mass is 330 g/mol. The molecule has 1 heterocycles. The molecule has 0 saturated carbocycles. The van der Waals surface area contributed by atoms with Gasteiger partial charge in [0, 0.05) is 17.4 Å². The Hall–Kier alpha value is -2.43. The predicted octanol–water partition coefficient (Wildman–Crippen LogP) is 3.50. The summed E-state index contributed by atoms with van der Waals surface area (Å²) < 4.78 is 12.9. The average molecular weight is 330 g/mol. The number of carbonyl (C=O) groups is 1. The highest BCUT2D eigenvalue weighted by molar-refractivity contribution is 5.95. The van der Waals surface area contributed by atoms with Crippen LogP contribution in [-0.2, 0) is 0 Å². The molecule has 2 rings (SSSR count). The van der Waals surface area contributed by atoms with Crippen LogP contribution in [0.25, 0.3) is 0 Å². The Kier molecular flexibility index (Phi) is 5.90. The van der Waals surface area contributed by atoms with Crippen LogP contribution in [0.3, 0.4) is 0 Å². The molecule has 0 spiro atoms. The van der Waals surface area contributed by atoms with E-state index in [1.165, 1.54) is 0 Å². The van der Waals surface area contributed by atoms with E-state index in [0.717, 1.165) is 28.5 Å². The van der Waals surface area contributed by atoms with Gasteiger partial charge in [0.1, 0.15) is 18.1 Å². The van der Waals surface area contributed by atoms with Gasteiger partial charge in [0.2, 0.25) is 0 Å². The lowest BCUT2D eigenvalue weighted by Crippen LogP contribution is -2.28. The molecule has 5 heteroatoms. The van der Waals surface area contributed by atoms with Crippen molar-refractivity contribution in [3.05, 3.63) is 47.3 Å². The lowest BCUT2D eigenvalue weighted by atomic mass is 10.2. The van der Waals surface area contributed by atoms with Crippen molar-refractivity contribution in [2.75, 3.05) is 20.3 Å². The van der Waals surface area contributed by atoms with E-state index < -0.39 is 0 Å². The third-order valence-electron chi connectivity index (χ3n) is 3.96. The van der Waals surface area contributed by atoms with E-state index in [4.69, 9.17) is 9.47 Å². The molecule has 2 aromatic rings. The van der Waals surface area contributed by atoms with Gasteiger partial charge in [-0.05, 0) is 58.0 Å². The average Bonchev–Trinajstić information content (AvgIpc) is 2.86. The van der Waals surface area contributed by atoms with Gasteiger partial charge in [0.05, 0.1) is 19.2 Å². The lowest BCUT2D eigenvalue weighted by Gasteiger charge is -2.13. The maximum atomic E-state index is 12.4. The molecule has 1 aromatic heterocycles. The zero-order chi connectivity index (χ0) is 17.7. The van der Waals surface area contributed by atoms with E-state index in [0.29, 0.717) is 19.2 Å². The van der Waals surface area contributed by atoms with Crippen molar-refractivity contribution in [2.24, 2.45) is 0 Å². The summed E-state index contributed by atoms with van der Waals surface area (Å²) in [7, 11) is 1.63. The number of benzene rings is 1. The lowest BCUT2D eigenvalue weighted by molar-refractivity contribution is 0.0946. The van der Waals surface area contributed by atoms with E-state index in [2.05, 4.69) is 23.7 Å². The molecule has 130 valence electrons. The second-order valence-electron chi connectivity index (χ2n) is 6.03. The largest absolute Gasteiger partial charge is 0.497 e. The van der Waals surface area contributed by atoms with Gasteiger partial charge < -0.3 is 19.4 Å². The summed E-state index contributed by atoms with van der Waals surface area (Å²) in [6.07, 6.45) is 0. The summed E-state index contributed by atoms with van der Waals surface area (Å²) in [4.78, 5) is 12.4. The van der Waals surface area contributed by atoms with Crippen LogP contribution in [0.5, 0.6) is 11.5 Å². The number of nitrogens with zero attached hydrogens (tertiary/aromatic N) is 1. The Morgan fingerprint density at radius 2 is 1.79 bits per heavy atom. The summed E-state index contributed by atoms with van der Waals surface area (Å²) in [5.41, 5.74) is 2.82. The molecular weight excluding hydrogens is 304 g/mol. The first-order valence-electron chi connectivity index (χ1n) is 8.17. The quantitative estimate of drug-likeness (QED) is 0.791. The van der Waals surface area contributed by atoms with Crippen LogP contribution in [0.15, 0.2) is 30.3 Å². The van der Waals surface area contributed by atoms with Gasteiger partial charge in [-0.25, -0.2) is 0 Å². The van der Waals surface area contributed by atoms with Crippen molar-refractivity contribution in [3.63, 3.8) is 0 Å². The van der Waals surface area contributed by atoms with Crippen LogP contribution < -0.4 is 14.8 Å². The topological polar surface area (TPSA) is 52.5 Å². The minimum Gasteiger partial charge on any atom is -0.497 e. The summed E-state index contributed by atoms with van der Waals surface area (Å²) >= 11 is 0. The maximum Gasteiger partial charge on any atom is 0.253 e. The Morgan fingerprint density at radius 1 is 1.17 bits per heavy atom. The molecule has 0 radical (unpaired) electrons. The Labute approximate surface area is 143 Å². The van der Waals surface area contributed by atoms with Crippen molar-refractivity contribution >= 4 is 5.91 Å². The Balaban J connectivity index is 1.86. The second kappa shape index (κ2) is 7.90. The van der Waals surface area contributed by atoms with Crippen LogP contribution >= 0.6 is 0 Å². The molecule has 0 aliphatic heterocycles. The number of ether oxygens (including phenoxy) is 2. The zero-order valence-corrected chi connectivity index (χ0v) is 15.1. The fourth-order valence-corrected chi connectivity index (χ4v) is 2.90. The van der Waals surface area contributed by atoms with E-state index in [1.54, 1.807) is 7.11 Å². The van der Waals surface area contributed by atoms with Crippen molar-refractivity contribution < 1.29 is 14.3 Å². The molecule has 0 fully saturated rings. The van der Waals surface area contributed by atoms with Crippen LogP contribution in [0.2, 0.25) is 0 Å². The first-order valence-corrected chi connectivity index (χ1v) is 8.17. The summed E-state index contributed by atoms with van der Waals surface area (Å²) in [5, 5.41) is 2.91. The molecule has 0 bridgehead atoms. The molecule has 24 heavy (non-hydrogen) atoms. The number of aryl methyl sites for hydroxylation is 1. The SMILES string of the molecule is COc1ccc(OCCNC(=O)c2cc(C)n(C(C)C)c2C)cc1. The number of hydrogen-bond acceptors (Lipinski definition) is 3. The maximum absolute atomic E-state index is 12.4. The molecule has 0 aliphatic carbocycles. The van der Waals surface area contributed by atoms with Crippen LogP contribution in [0, 0.1) is 13.8 Å². The normalized spacial score (nSPS) is 10.8. The molecular formula is C19H26N2O3. The van der Waals surface area contributed by atoms with Gasteiger partial charge in [0.15, 0.2) is 0 Å². The summed E-state index contributed by atoms with van der Waals surface area (Å²) in [6.45, 7) is 9.11. The van der Waals surface area contributed by atoms with Crippen LogP contribution in [0.1, 0.15) is 41.6 Å². The molecule has 0 unspecified atom stereocenters. The van der Waals surface area contributed by atoms with Crippen molar-refractivity contribution in [3.8, 4) is 11.5 Å². The highest BCUT2D eigenvalue weighted by Crippen LogP contribution is 2.20. The molecule has 0 saturated heterocycles. The first kappa shape index (κ1) is 17.9. The van der Waals surface area contributed by atoms with Gasteiger partial charge >= 0.3 is 0 Å². The number of carbonyl (C=O) groups excluding carboxylic acids is 1. The van der Waals surface area contributed by atoms with Crippen LogP contribution in [-0.4, -0.2) is 30.7 Å². The van der Waals surface area contributed by atoms with E-state index >= 15 is 0 Å². The molecule has 1 aromatic carbocycles. The summed E-state index contributed by atoms with van der Waals surface area (Å²) in [6, 6.07) is 9.65. The van der Waals surface area contributed by atoms with E-state index in [1.807, 2.05) is 44.2 Å². The fourth-order valence-electron chi connectivity index (χ4n) is 2.90. The number of amides is 1. The molecule has 0 atom stereocenters. The highest BCUT2D eigenvalue weighted by Gasteiger charge is 2.16. The smallest absolute Gasteiger partial charge is 0.253 e. The Bertz CT molecular complexity index is 687. The number of methoxy groups -OCH3 is 1. The van der Waals surface area contributed by atoms with E-state index in [9.17, 15) is 4.79 Å². The minimum atomic E-state index is -0.0617. The van der Waals surface area contributed by atoms with E-state index in [-0.39, 0.29) is 5.91 Å². The number of rotatable bonds is 7. The molecule has 0 aliphatic rings. The number of hydrogen-bond donors (Lipinski definition) is 1. The standard InChI is InChI=1S/C19H26N2O3/c1-13(2)21-14(3)12-18(15(21)4)19(22)20-10-11-24-17-8-6-16(23-5)7-9-17/h6-9,12-13H,10-11H2,1-5H3,(H,20,22).